The van der Waals surface area contributed by atoms with Crippen molar-refractivity contribution in [3.8, 4) is 0 Å². The van der Waals surface area contributed by atoms with Gasteiger partial charge in [0.15, 0.2) is 0 Å². The third-order valence-corrected chi connectivity index (χ3v) is 4.33. The van der Waals surface area contributed by atoms with E-state index >= 15 is 0 Å². The minimum absolute atomic E-state index is 0.189. The molecule has 0 atom stereocenters. The largest absolute Gasteiger partial charge is 0.397 e. The summed E-state index contributed by atoms with van der Waals surface area (Å²) in [6.07, 6.45) is 4.27. The van der Waals surface area contributed by atoms with Gasteiger partial charge in [-0.05, 0) is 18.6 Å². The van der Waals surface area contributed by atoms with Gasteiger partial charge in [-0.2, -0.15) is 0 Å². The molecule has 0 fully saturated rings. The van der Waals surface area contributed by atoms with Crippen LogP contribution in [-0.4, -0.2) is 15.0 Å². The van der Waals surface area contributed by atoms with Crippen LogP contribution in [0.2, 0.25) is 0 Å². The molecule has 21 heavy (non-hydrogen) atoms. The molecule has 0 unspecified atom stereocenters. The quantitative estimate of drug-likeness (QED) is 0.641. The average molecular weight is 301 g/mol. The number of benzene rings is 1. The minimum atomic E-state index is -0.189. The summed E-state index contributed by atoms with van der Waals surface area (Å²) in [4.78, 5) is 24.0. The molecule has 1 aromatic carbocycles. The van der Waals surface area contributed by atoms with E-state index < -0.39 is 0 Å². The summed E-state index contributed by atoms with van der Waals surface area (Å²) in [5.74, 6) is 0. The van der Waals surface area contributed by atoms with E-state index in [0.29, 0.717) is 23.1 Å². The molecule has 0 aliphatic rings. The fraction of sp³-hybridized carbons (Fsp3) is 0.214. The van der Waals surface area contributed by atoms with Gasteiger partial charge in [0.2, 0.25) is 0 Å². The maximum absolute atomic E-state index is 11.7. The topological polar surface area (TPSA) is 96.7 Å². The molecular formula is C14H15N5OS. The Kier molecular flexibility index (Phi) is 3.57. The van der Waals surface area contributed by atoms with Crippen LogP contribution >= 0.6 is 11.3 Å². The van der Waals surface area contributed by atoms with Crippen LogP contribution in [0.25, 0.3) is 10.9 Å². The van der Waals surface area contributed by atoms with Crippen molar-refractivity contribution in [2.75, 3.05) is 11.1 Å². The van der Waals surface area contributed by atoms with Gasteiger partial charge in [-0.1, -0.05) is 6.92 Å². The number of aromatic amines is 1. The van der Waals surface area contributed by atoms with Crippen LogP contribution in [0, 0.1) is 0 Å². The number of H-pyrrole nitrogens is 1. The lowest BCUT2D eigenvalue weighted by Gasteiger charge is -2.09. The van der Waals surface area contributed by atoms with Crippen molar-refractivity contribution in [1.29, 1.82) is 0 Å². The molecule has 3 rings (SSSR count). The molecule has 3 aromatic rings. The van der Waals surface area contributed by atoms with Crippen molar-refractivity contribution in [1.82, 2.24) is 15.0 Å². The standard InChI is InChI=1S/C14H15N5OS/c1-2-8-5-17-13(21-8)6-16-12-4-11-9(3-10(12)15)14(20)19-7-18-11/h3-5,7,16H,2,6,15H2,1H3,(H,18,19,20). The summed E-state index contributed by atoms with van der Waals surface area (Å²) < 4.78 is 0. The highest BCUT2D eigenvalue weighted by molar-refractivity contribution is 7.11. The van der Waals surface area contributed by atoms with Crippen LogP contribution in [-0.2, 0) is 13.0 Å². The number of nitrogens with zero attached hydrogens (tertiary/aromatic N) is 2. The smallest absolute Gasteiger partial charge is 0.258 e. The zero-order valence-corrected chi connectivity index (χ0v) is 12.3. The molecule has 6 nitrogen and oxygen atoms in total. The molecule has 108 valence electrons. The molecule has 7 heteroatoms. The van der Waals surface area contributed by atoms with Crippen LogP contribution in [0.1, 0.15) is 16.8 Å². The summed E-state index contributed by atoms with van der Waals surface area (Å²) >= 11 is 1.68. The fourth-order valence-electron chi connectivity index (χ4n) is 2.05. The summed E-state index contributed by atoms with van der Waals surface area (Å²) in [6, 6.07) is 3.43. The van der Waals surface area contributed by atoms with Crippen LogP contribution in [0.4, 0.5) is 11.4 Å². The van der Waals surface area contributed by atoms with E-state index in [9.17, 15) is 4.79 Å². The number of hydrogen-bond acceptors (Lipinski definition) is 6. The molecule has 0 aliphatic carbocycles. The highest BCUT2D eigenvalue weighted by Crippen LogP contribution is 2.24. The molecule has 0 radical (unpaired) electrons. The molecule has 0 aliphatic heterocycles. The fourth-order valence-corrected chi connectivity index (χ4v) is 2.85. The average Bonchev–Trinajstić information content (AvgIpc) is 2.94. The van der Waals surface area contributed by atoms with Gasteiger partial charge in [-0.3, -0.25) is 4.79 Å². The first kappa shape index (κ1) is 13.6. The molecule has 0 saturated carbocycles. The van der Waals surface area contributed by atoms with E-state index in [4.69, 9.17) is 5.73 Å². The van der Waals surface area contributed by atoms with E-state index in [0.717, 1.165) is 17.1 Å². The zero-order valence-electron chi connectivity index (χ0n) is 11.5. The van der Waals surface area contributed by atoms with E-state index in [1.165, 1.54) is 11.2 Å². The Hall–Kier alpha value is -2.41. The van der Waals surface area contributed by atoms with Gasteiger partial charge in [0.05, 0.1) is 35.1 Å². The Balaban J connectivity index is 1.86. The number of aromatic nitrogens is 3. The lowest BCUT2D eigenvalue weighted by molar-refractivity contribution is 1.09. The second-order valence-electron chi connectivity index (χ2n) is 4.62. The van der Waals surface area contributed by atoms with Crippen LogP contribution in [0.3, 0.4) is 0 Å². The van der Waals surface area contributed by atoms with Crippen molar-refractivity contribution in [2.24, 2.45) is 0 Å². The van der Waals surface area contributed by atoms with Gasteiger partial charge in [0.25, 0.3) is 5.56 Å². The molecule has 4 N–H and O–H groups in total. The number of nitrogens with two attached hydrogens (primary N) is 1. The summed E-state index contributed by atoms with van der Waals surface area (Å²) in [6.45, 7) is 2.71. The van der Waals surface area contributed by atoms with E-state index in [1.807, 2.05) is 6.20 Å². The number of nitrogen functional groups attached to an aromatic ring is 1. The number of thiazole rings is 1. The molecule has 2 aromatic heterocycles. The lowest BCUT2D eigenvalue weighted by atomic mass is 10.2. The zero-order chi connectivity index (χ0) is 14.8. The van der Waals surface area contributed by atoms with E-state index in [2.05, 4.69) is 27.2 Å². The van der Waals surface area contributed by atoms with Gasteiger partial charge >= 0.3 is 0 Å². The monoisotopic (exact) mass is 301 g/mol. The van der Waals surface area contributed by atoms with Crippen molar-refractivity contribution >= 4 is 33.6 Å². The van der Waals surface area contributed by atoms with Gasteiger partial charge < -0.3 is 16.0 Å². The Morgan fingerprint density at radius 3 is 3.00 bits per heavy atom. The van der Waals surface area contributed by atoms with Crippen molar-refractivity contribution in [3.63, 3.8) is 0 Å². The first-order valence-electron chi connectivity index (χ1n) is 6.61. The first-order valence-corrected chi connectivity index (χ1v) is 7.43. The Labute approximate surface area is 125 Å². The summed E-state index contributed by atoms with van der Waals surface area (Å²) in [5, 5.41) is 4.74. The lowest BCUT2D eigenvalue weighted by Crippen LogP contribution is -2.08. The molecule has 2 heterocycles. The van der Waals surface area contributed by atoms with Gasteiger partial charge in [0, 0.05) is 11.1 Å². The molecular weight excluding hydrogens is 286 g/mol. The second kappa shape index (κ2) is 5.53. The maximum Gasteiger partial charge on any atom is 0.258 e. The molecule has 0 bridgehead atoms. The van der Waals surface area contributed by atoms with E-state index in [1.54, 1.807) is 23.5 Å². The summed E-state index contributed by atoms with van der Waals surface area (Å²) in [5.41, 5.74) is 7.70. The number of fused-ring (bicyclic) bond motifs is 1. The predicted octanol–water partition coefficient (Wildman–Crippen LogP) is 2.14. The van der Waals surface area contributed by atoms with Gasteiger partial charge in [-0.25, -0.2) is 9.97 Å². The van der Waals surface area contributed by atoms with Gasteiger partial charge in [0.1, 0.15) is 5.01 Å². The highest BCUT2D eigenvalue weighted by Gasteiger charge is 2.07. The van der Waals surface area contributed by atoms with Crippen LogP contribution in [0.5, 0.6) is 0 Å². The van der Waals surface area contributed by atoms with Crippen molar-refractivity contribution < 1.29 is 0 Å². The van der Waals surface area contributed by atoms with Crippen molar-refractivity contribution in [2.45, 2.75) is 19.9 Å². The van der Waals surface area contributed by atoms with Crippen LogP contribution in [0.15, 0.2) is 29.5 Å². The number of nitrogens with one attached hydrogen (secondary N) is 2. The Morgan fingerprint density at radius 1 is 1.38 bits per heavy atom. The molecule has 0 spiro atoms. The normalized spacial score (nSPS) is 10.9. The number of anilines is 2. The third kappa shape index (κ3) is 2.73. The van der Waals surface area contributed by atoms with E-state index in [-0.39, 0.29) is 5.56 Å². The number of rotatable bonds is 4. The predicted molar refractivity (Wildman–Crippen MR) is 85.6 cm³/mol. The summed E-state index contributed by atoms with van der Waals surface area (Å²) in [7, 11) is 0. The maximum atomic E-state index is 11.7. The Morgan fingerprint density at radius 2 is 2.24 bits per heavy atom. The molecule has 0 amide bonds. The third-order valence-electron chi connectivity index (χ3n) is 3.19. The van der Waals surface area contributed by atoms with Crippen LogP contribution < -0.4 is 16.6 Å². The minimum Gasteiger partial charge on any atom is -0.397 e. The number of aryl methyl sites for hydroxylation is 1. The number of hydrogen-bond donors (Lipinski definition) is 3. The second-order valence-corrected chi connectivity index (χ2v) is 5.82. The van der Waals surface area contributed by atoms with Gasteiger partial charge in [-0.15, -0.1) is 11.3 Å². The van der Waals surface area contributed by atoms with Crippen molar-refractivity contribution in [3.05, 3.63) is 44.9 Å². The highest BCUT2D eigenvalue weighted by atomic mass is 32.1. The first-order chi connectivity index (χ1) is 10.2. The Bertz CT molecular complexity index is 839. The molecule has 0 saturated heterocycles. The SMILES string of the molecule is CCc1cnc(CNc2cc3nc[nH]c(=O)c3cc2N)s1.